The number of aliphatic carboxylic acids is 1. The number of fused-ring (bicyclic) bond motifs is 2. The Bertz CT molecular complexity index is 1380. The van der Waals surface area contributed by atoms with Crippen LogP contribution in [0.4, 0.5) is 0 Å². The van der Waals surface area contributed by atoms with E-state index >= 15 is 0 Å². The van der Waals surface area contributed by atoms with Gasteiger partial charge in [0.15, 0.2) is 6.61 Å². The molecule has 3 aromatic carbocycles. The molecule has 2 aliphatic rings. The molecule has 0 saturated heterocycles. The maximum atomic E-state index is 13.9. The lowest BCUT2D eigenvalue weighted by Crippen LogP contribution is -2.48. The van der Waals surface area contributed by atoms with Gasteiger partial charge in [0.25, 0.3) is 0 Å². The number of benzene rings is 3. The first-order valence-electron chi connectivity index (χ1n) is 12.4. The Morgan fingerprint density at radius 3 is 2.42 bits per heavy atom. The van der Waals surface area contributed by atoms with Crippen molar-refractivity contribution < 1.29 is 23.1 Å². The van der Waals surface area contributed by atoms with Crippen molar-refractivity contribution in [1.82, 2.24) is 4.31 Å². The van der Waals surface area contributed by atoms with E-state index < -0.39 is 22.6 Å². The zero-order valence-electron chi connectivity index (χ0n) is 20.4. The summed E-state index contributed by atoms with van der Waals surface area (Å²) < 4.78 is 34.7. The molecule has 6 nitrogen and oxygen atoms in total. The van der Waals surface area contributed by atoms with Crippen LogP contribution in [-0.2, 0) is 26.8 Å². The number of rotatable bonds is 6. The maximum Gasteiger partial charge on any atom is 0.341 e. The van der Waals surface area contributed by atoms with Crippen molar-refractivity contribution in [1.29, 1.82) is 0 Å². The molecule has 1 aliphatic heterocycles. The Hall–Kier alpha value is -3.16. The van der Waals surface area contributed by atoms with Gasteiger partial charge in [-0.15, -0.1) is 0 Å². The highest BCUT2D eigenvalue weighted by atomic mass is 32.2. The molecule has 0 atom stereocenters. The van der Waals surface area contributed by atoms with Crippen molar-refractivity contribution in [2.24, 2.45) is 0 Å². The number of carbonyl (C=O) groups is 1. The van der Waals surface area contributed by atoms with E-state index in [0.29, 0.717) is 24.4 Å². The van der Waals surface area contributed by atoms with E-state index in [4.69, 9.17) is 9.84 Å². The molecule has 0 aromatic heterocycles. The Kier molecular flexibility index (Phi) is 6.62. The number of ether oxygens (including phenoxy) is 1. The van der Waals surface area contributed by atoms with Crippen LogP contribution in [0.25, 0.3) is 11.1 Å². The van der Waals surface area contributed by atoms with Crippen molar-refractivity contribution >= 4 is 16.0 Å². The lowest BCUT2D eigenvalue weighted by Gasteiger charge is -2.46. The summed E-state index contributed by atoms with van der Waals surface area (Å²) in [6.07, 6.45) is 5.35. The third-order valence-electron chi connectivity index (χ3n) is 7.56. The Morgan fingerprint density at radius 1 is 0.972 bits per heavy atom. The summed E-state index contributed by atoms with van der Waals surface area (Å²) >= 11 is 0. The van der Waals surface area contributed by atoms with E-state index in [0.717, 1.165) is 42.4 Å². The van der Waals surface area contributed by atoms with Crippen LogP contribution in [0.2, 0.25) is 0 Å². The SMILES string of the molecule is Cc1cc(S(=O)(=O)N2Cc3cc(-c4ccccc4)ccc3C3(CCCCC3)C2)ccc1OCC(=O)O. The van der Waals surface area contributed by atoms with Gasteiger partial charge >= 0.3 is 5.97 Å². The molecule has 1 spiro atoms. The van der Waals surface area contributed by atoms with Gasteiger partial charge in [-0.05, 0) is 71.8 Å². The second-order valence-corrected chi connectivity index (χ2v) is 11.9. The summed E-state index contributed by atoms with van der Waals surface area (Å²) in [5.74, 6) is -0.706. The Labute approximate surface area is 212 Å². The largest absolute Gasteiger partial charge is 0.482 e. The molecule has 5 rings (SSSR count). The van der Waals surface area contributed by atoms with Gasteiger partial charge in [-0.2, -0.15) is 4.31 Å². The topological polar surface area (TPSA) is 83.9 Å². The highest BCUT2D eigenvalue weighted by Gasteiger charge is 2.44. The van der Waals surface area contributed by atoms with Crippen LogP contribution in [0, 0.1) is 6.92 Å². The number of sulfonamides is 1. The molecule has 36 heavy (non-hydrogen) atoms. The lowest BCUT2D eigenvalue weighted by atomic mass is 9.66. The van der Waals surface area contributed by atoms with Crippen molar-refractivity contribution in [3.8, 4) is 16.9 Å². The van der Waals surface area contributed by atoms with Crippen molar-refractivity contribution in [3.63, 3.8) is 0 Å². The van der Waals surface area contributed by atoms with Gasteiger partial charge < -0.3 is 9.84 Å². The van der Waals surface area contributed by atoms with Gasteiger partial charge in [-0.1, -0.05) is 61.7 Å². The van der Waals surface area contributed by atoms with Gasteiger partial charge in [-0.3, -0.25) is 0 Å². The summed E-state index contributed by atoms with van der Waals surface area (Å²) in [4.78, 5) is 11.1. The molecule has 1 fully saturated rings. The lowest BCUT2D eigenvalue weighted by molar-refractivity contribution is -0.139. The molecule has 1 aliphatic carbocycles. The Balaban J connectivity index is 1.52. The van der Waals surface area contributed by atoms with Crippen LogP contribution in [0.1, 0.15) is 48.8 Å². The molecule has 1 heterocycles. The third kappa shape index (κ3) is 4.65. The van der Waals surface area contributed by atoms with Gasteiger partial charge in [0, 0.05) is 18.5 Å². The molecule has 188 valence electrons. The molecule has 1 N–H and O–H groups in total. The molecule has 1 saturated carbocycles. The van der Waals surface area contributed by atoms with Crippen molar-refractivity contribution in [2.75, 3.05) is 13.2 Å². The van der Waals surface area contributed by atoms with Gasteiger partial charge in [0.2, 0.25) is 10.0 Å². The first-order chi connectivity index (χ1) is 17.3. The summed E-state index contributed by atoms with van der Waals surface area (Å²) in [7, 11) is -3.77. The number of hydrogen-bond acceptors (Lipinski definition) is 4. The van der Waals surface area contributed by atoms with E-state index in [1.54, 1.807) is 23.4 Å². The first kappa shape index (κ1) is 24.5. The average molecular weight is 506 g/mol. The molecule has 0 amide bonds. The molecule has 3 aromatic rings. The quantitative estimate of drug-likeness (QED) is 0.476. The molecule has 7 heteroatoms. The summed E-state index contributed by atoms with van der Waals surface area (Å²) in [6.45, 7) is 2.07. The fourth-order valence-electron chi connectivity index (χ4n) is 5.78. The second-order valence-electron chi connectivity index (χ2n) is 9.96. The van der Waals surface area contributed by atoms with Crippen LogP contribution in [0.15, 0.2) is 71.6 Å². The monoisotopic (exact) mass is 505 g/mol. The number of hydrogen-bond donors (Lipinski definition) is 1. The first-order valence-corrected chi connectivity index (χ1v) is 13.9. The van der Waals surface area contributed by atoms with E-state index in [2.05, 4.69) is 30.3 Å². The van der Waals surface area contributed by atoms with Crippen LogP contribution in [0.5, 0.6) is 5.75 Å². The van der Waals surface area contributed by atoms with Crippen LogP contribution >= 0.6 is 0 Å². The molecule has 0 bridgehead atoms. The molecular weight excluding hydrogens is 474 g/mol. The highest BCUT2D eigenvalue weighted by molar-refractivity contribution is 7.89. The molecule has 0 unspecified atom stereocenters. The zero-order valence-corrected chi connectivity index (χ0v) is 21.3. The predicted molar refractivity (Wildman–Crippen MR) is 139 cm³/mol. The summed E-state index contributed by atoms with van der Waals surface area (Å²) in [5.41, 5.74) is 5.00. The minimum atomic E-state index is -3.77. The minimum Gasteiger partial charge on any atom is -0.482 e. The van der Waals surface area contributed by atoms with Crippen molar-refractivity contribution in [2.45, 2.75) is 55.9 Å². The van der Waals surface area contributed by atoms with Crippen LogP contribution in [0.3, 0.4) is 0 Å². The van der Waals surface area contributed by atoms with E-state index in [1.165, 1.54) is 18.1 Å². The second kappa shape index (κ2) is 9.71. The Morgan fingerprint density at radius 2 is 1.72 bits per heavy atom. The van der Waals surface area contributed by atoms with E-state index in [9.17, 15) is 13.2 Å². The van der Waals surface area contributed by atoms with Crippen molar-refractivity contribution in [3.05, 3.63) is 83.4 Å². The molecule has 0 radical (unpaired) electrons. The normalized spacial score (nSPS) is 17.5. The number of carboxylic acid groups (broad SMARTS) is 1. The van der Waals surface area contributed by atoms with Gasteiger partial charge in [-0.25, -0.2) is 13.2 Å². The zero-order chi connectivity index (χ0) is 25.3. The van der Waals surface area contributed by atoms with Crippen LogP contribution in [-0.4, -0.2) is 37.0 Å². The average Bonchev–Trinajstić information content (AvgIpc) is 2.88. The van der Waals surface area contributed by atoms with E-state index in [-0.39, 0.29) is 10.3 Å². The number of carboxylic acids is 1. The standard InChI is InChI=1S/C29H31NO5S/c1-21-16-25(11-13-27(21)35-19-28(31)32)36(33,34)30-18-24-17-23(22-8-4-2-5-9-22)10-12-26(24)29(20-30)14-6-3-7-15-29/h2,4-5,8-13,16-17H,3,6-7,14-15,18-20H2,1H3,(H,31,32). The molecular formula is C29H31NO5S. The van der Waals surface area contributed by atoms with E-state index in [1.807, 2.05) is 18.2 Å². The smallest absolute Gasteiger partial charge is 0.341 e. The predicted octanol–water partition coefficient (Wildman–Crippen LogP) is 5.53. The maximum absolute atomic E-state index is 13.9. The third-order valence-corrected chi connectivity index (χ3v) is 9.34. The summed E-state index contributed by atoms with van der Waals surface area (Å²) in [5, 5.41) is 8.89. The fraction of sp³-hybridized carbons (Fsp3) is 0.345. The van der Waals surface area contributed by atoms with Gasteiger partial charge in [0.1, 0.15) is 5.75 Å². The highest BCUT2D eigenvalue weighted by Crippen LogP contribution is 2.46. The van der Waals surface area contributed by atoms with Gasteiger partial charge in [0.05, 0.1) is 4.90 Å². The summed E-state index contributed by atoms with van der Waals surface area (Å²) in [6, 6.07) is 21.4. The number of nitrogens with zero attached hydrogens (tertiary/aromatic N) is 1. The number of aryl methyl sites for hydroxylation is 1. The fourth-order valence-corrected chi connectivity index (χ4v) is 7.37. The minimum absolute atomic E-state index is 0.173. The van der Waals surface area contributed by atoms with Crippen LogP contribution < -0.4 is 4.74 Å².